The minimum atomic E-state index is -0.560. The molecule has 1 amide bonds. The number of aromatic nitrogens is 2. The smallest absolute Gasteiger partial charge is 0.254 e. The van der Waals surface area contributed by atoms with Crippen LogP contribution >= 0.6 is 0 Å². The Morgan fingerprint density at radius 2 is 1.88 bits per heavy atom. The molecule has 0 radical (unpaired) electrons. The van der Waals surface area contributed by atoms with Crippen LogP contribution in [0.1, 0.15) is 16.2 Å². The molecule has 2 aromatic carbocycles. The molecule has 0 atom stereocenters. The molecule has 0 aliphatic carbocycles. The third-order valence-corrected chi connectivity index (χ3v) is 3.31. The van der Waals surface area contributed by atoms with E-state index in [0.717, 1.165) is 11.3 Å². The molecule has 0 bridgehead atoms. The van der Waals surface area contributed by atoms with Gasteiger partial charge in [-0.25, -0.2) is 0 Å². The number of primary amides is 1. The first-order valence-corrected chi connectivity index (χ1v) is 7.16. The van der Waals surface area contributed by atoms with E-state index in [4.69, 9.17) is 19.6 Å². The minimum Gasteiger partial charge on any atom is -0.497 e. The zero-order chi connectivity index (χ0) is 16.9. The van der Waals surface area contributed by atoms with Crippen molar-refractivity contribution in [3.05, 3.63) is 60.0 Å². The van der Waals surface area contributed by atoms with Gasteiger partial charge < -0.3 is 19.6 Å². The fraction of sp³-hybridized carbons (Fsp3) is 0.118. The second kappa shape index (κ2) is 6.82. The van der Waals surface area contributed by atoms with Gasteiger partial charge in [0.2, 0.25) is 5.89 Å². The first-order valence-electron chi connectivity index (χ1n) is 7.16. The molecule has 1 aromatic heterocycles. The molecule has 1 heterocycles. The molecular formula is C17H15N3O4. The van der Waals surface area contributed by atoms with Crippen molar-refractivity contribution in [2.75, 3.05) is 7.11 Å². The number of hydrogen-bond donors (Lipinski definition) is 1. The predicted molar refractivity (Wildman–Crippen MR) is 85.6 cm³/mol. The lowest BCUT2D eigenvalue weighted by atomic mass is 10.2. The molecule has 0 saturated carbocycles. The van der Waals surface area contributed by atoms with Crippen molar-refractivity contribution in [3.63, 3.8) is 0 Å². The molecule has 0 aliphatic rings. The lowest BCUT2D eigenvalue weighted by Crippen LogP contribution is -2.12. The summed E-state index contributed by atoms with van der Waals surface area (Å²) in [5.41, 5.74) is 6.38. The molecule has 122 valence electrons. The van der Waals surface area contributed by atoms with E-state index in [-0.39, 0.29) is 6.61 Å². The maximum atomic E-state index is 11.4. The molecule has 3 aromatic rings. The molecule has 3 rings (SSSR count). The van der Waals surface area contributed by atoms with Gasteiger partial charge in [-0.15, -0.1) is 10.2 Å². The Labute approximate surface area is 138 Å². The number of carbonyl (C=O) groups is 1. The van der Waals surface area contributed by atoms with Crippen molar-refractivity contribution < 1.29 is 18.7 Å². The Morgan fingerprint density at radius 1 is 1.12 bits per heavy atom. The van der Waals surface area contributed by atoms with Crippen LogP contribution in [0.15, 0.2) is 52.9 Å². The highest BCUT2D eigenvalue weighted by molar-refractivity contribution is 5.95. The molecule has 24 heavy (non-hydrogen) atoms. The van der Waals surface area contributed by atoms with Crippen molar-refractivity contribution in [1.82, 2.24) is 10.2 Å². The number of rotatable bonds is 6. The van der Waals surface area contributed by atoms with Crippen LogP contribution in [0.2, 0.25) is 0 Å². The molecular weight excluding hydrogens is 310 g/mol. The number of methoxy groups -OCH3 is 1. The van der Waals surface area contributed by atoms with Gasteiger partial charge in [-0.2, -0.15) is 0 Å². The summed E-state index contributed by atoms with van der Waals surface area (Å²) in [7, 11) is 1.60. The van der Waals surface area contributed by atoms with Gasteiger partial charge in [-0.3, -0.25) is 4.79 Å². The standard InChI is InChI=1S/C17H15N3O4/c1-22-12-8-6-11(7-9-12)17-20-19-15(24-17)10-23-14-5-3-2-4-13(14)16(18)21/h2-9H,10H2,1H3,(H2,18,21). The number of ether oxygens (including phenoxy) is 2. The van der Waals surface area contributed by atoms with E-state index in [1.807, 2.05) is 12.1 Å². The number of amides is 1. The number of hydrogen-bond acceptors (Lipinski definition) is 6. The largest absolute Gasteiger partial charge is 0.497 e. The van der Waals surface area contributed by atoms with Crippen LogP contribution in [-0.4, -0.2) is 23.2 Å². The maximum absolute atomic E-state index is 11.4. The Hall–Kier alpha value is -3.35. The van der Waals surface area contributed by atoms with E-state index < -0.39 is 5.91 Å². The zero-order valence-electron chi connectivity index (χ0n) is 12.9. The topological polar surface area (TPSA) is 100 Å². The average Bonchev–Trinajstić information content (AvgIpc) is 3.09. The van der Waals surface area contributed by atoms with Gasteiger partial charge in [-0.1, -0.05) is 12.1 Å². The first-order chi connectivity index (χ1) is 11.7. The van der Waals surface area contributed by atoms with Crippen LogP contribution in [0.4, 0.5) is 0 Å². The molecule has 7 heteroatoms. The minimum absolute atomic E-state index is 0.0352. The van der Waals surface area contributed by atoms with Crippen molar-refractivity contribution in [3.8, 4) is 23.0 Å². The fourth-order valence-electron chi connectivity index (χ4n) is 2.10. The number of benzene rings is 2. The maximum Gasteiger partial charge on any atom is 0.254 e. The van der Waals surface area contributed by atoms with Gasteiger partial charge in [-0.05, 0) is 36.4 Å². The second-order valence-corrected chi connectivity index (χ2v) is 4.88. The highest BCUT2D eigenvalue weighted by Gasteiger charge is 2.12. The van der Waals surface area contributed by atoms with E-state index in [0.29, 0.717) is 23.1 Å². The van der Waals surface area contributed by atoms with Gasteiger partial charge in [0, 0.05) is 5.56 Å². The summed E-state index contributed by atoms with van der Waals surface area (Å²) < 4.78 is 16.2. The lowest BCUT2D eigenvalue weighted by molar-refractivity contribution is 0.0995. The number of nitrogens with two attached hydrogens (primary N) is 1. The summed E-state index contributed by atoms with van der Waals surface area (Å²) in [4.78, 5) is 11.4. The third-order valence-electron chi connectivity index (χ3n) is 3.31. The molecule has 2 N–H and O–H groups in total. The molecule has 0 aliphatic heterocycles. The highest BCUT2D eigenvalue weighted by atomic mass is 16.5. The third kappa shape index (κ3) is 3.35. The summed E-state index contributed by atoms with van der Waals surface area (Å²) in [6, 6.07) is 13.9. The number of carbonyl (C=O) groups excluding carboxylic acids is 1. The van der Waals surface area contributed by atoms with Crippen molar-refractivity contribution in [2.24, 2.45) is 5.73 Å². The van der Waals surface area contributed by atoms with Crippen molar-refractivity contribution >= 4 is 5.91 Å². The van der Waals surface area contributed by atoms with Gasteiger partial charge in [0.1, 0.15) is 11.5 Å². The summed E-state index contributed by atoms with van der Waals surface area (Å²) in [6.07, 6.45) is 0. The molecule has 7 nitrogen and oxygen atoms in total. The molecule has 0 spiro atoms. The Morgan fingerprint density at radius 3 is 2.58 bits per heavy atom. The van der Waals surface area contributed by atoms with E-state index >= 15 is 0 Å². The first kappa shape index (κ1) is 15.5. The van der Waals surface area contributed by atoms with Gasteiger partial charge in [0.15, 0.2) is 6.61 Å². The lowest BCUT2D eigenvalue weighted by Gasteiger charge is -2.06. The van der Waals surface area contributed by atoms with E-state index in [9.17, 15) is 4.79 Å². The van der Waals surface area contributed by atoms with Crippen LogP contribution in [0.25, 0.3) is 11.5 Å². The monoisotopic (exact) mass is 325 g/mol. The second-order valence-electron chi connectivity index (χ2n) is 4.88. The van der Waals surface area contributed by atoms with Crippen molar-refractivity contribution in [1.29, 1.82) is 0 Å². The van der Waals surface area contributed by atoms with Crippen LogP contribution < -0.4 is 15.2 Å². The summed E-state index contributed by atoms with van der Waals surface area (Å²) in [6.45, 7) is 0.0352. The van der Waals surface area contributed by atoms with Gasteiger partial charge in [0.05, 0.1) is 12.7 Å². The van der Waals surface area contributed by atoms with Crippen LogP contribution in [0.3, 0.4) is 0 Å². The van der Waals surface area contributed by atoms with E-state index in [2.05, 4.69) is 10.2 Å². The molecule has 0 saturated heterocycles. The van der Waals surface area contributed by atoms with Crippen LogP contribution in [0.5, 0.6) is 11.5 Å². The fourth-order valence-corrected chi connectivity index (χ4v) is 2.10. The summed E-state index contributed by atoms with van der Waals surface area (Å²) in [5, 5.41) is 7.92. The Balaban J connectivity index is 1.71. The highest BCUT2D eigenvalue weighted by Crippen LogP contribution is 2.22. The Bertz CT molecular complexity index is 843. The van der Waals surface area contributed by atoms with E-state index in [1.165, 1.54) is 0 Å². The number of nitrogens with zero attached hydrogens (tertiary/aromatic N) is 2. The normalized spacial score (nSPS) is 10.4. The average molecular weight is 325 g/mol. The zero-order valence-corrected chi connectivity index (χ0v) is 12.9. The van der Waals surface area contributed by atoms with Crippen LogP contribution in [0, 0.1) is 0 Å². The van der Waals surface area contributed by atoms with Crippen LogP contribution in [-0.2, 0) is 6.61 Å². The van der Waals surface area contributed by atoms with Gasteiger partial charge in [0.25, 0.3) is 11.8 Å². The van der Waals surface area contributed by atoms with Crippen molar-refractivity contribution in [2.45, 2.75) is 6.61 Å². The quantitative estimate of drug-likeness (QED) is 0.747. The summed E-state index contributed by atoms with van der Waals surface area (Å²) >= 11 is 0. The predicted octanol–water partition coefficient (Wildman–Crippen LogP) is 2.42. The number of para-hydroxylation sites is 1. The summed E-state index contributed by atoms with van der Waals surface area (Å²) in [5.74, 6) is 1.22. The SMILES string of the molecule is COc1ccc(-c2nnc(COc3ccccc3C(N)=O)o2)cc1. The van der Waals surface area contributed by atoms with Gasteiger partial charge >= 0.3 is 0 Å². The van der Waals surface area contributed by atoms with E-state index in [1.54, 1.807) is 43.5 Å². The molecule has 0 fully saturated rings. The molecule has 0 unspecified atom stereocenters. The Kier molecular flexibility index (Phi) is 4.42.